The van der Waals surface area contributed by atoms with E-state index in [0.717, 1.165) is 38.4 Å². The van der Waals surface area contributed by atoms with Gasteiger partial charge in [0, 0.05) is 10.9 Å². The number of imidazole rings is 1. The minimum atomic E-state index is -0.222. The molecular weight excluding hydrogens is 378 g/mol. The van der Waals surface area contributed by atoms with E-state index >= 15 is 0 Å². The normalized spacial score (nSPS) is 16.3. The molecule has 3 aromatic rings. The number of hydrogen-bond donors (Lipinski definition) is 1. The van der Waals surface area contributed by atoms with Crippen LogP contribution in [0.2, 0.25) is 0 Å². The highest BCUT2D eigenvalue weighted by molar-refractivity contribution is 8.18. The molecule has 0 bridgehead atoms. The molecule has 1 fully saturated rings. The maximum atomic E-state index is 12.4. The molecule has 0 spiro atoms. The van der Waals surface area contributed by atoms with E-state index in [-0.39, 0.29) is 17.2 Å². The van der Waals surface area contributed by atoms with E-state index in [4.69, 9.17) is 0 Å². The number of aromatic amines is 1. The highest BCUT2D eigenvalue weighted by Crippen LogP contribution is 2.34. The number of carbonyl (C=O) groups is 2. The summed E-state index contributed by atoms with van der Waals surface area (Å²) < 4.78 is 0. The summed E-state index contributed by atoms with van der Waals surface area (Å²) in [6.45, 7) is 3.67. The van der Waals surface area contributed by atoms with Crippen LogP contribution in [-0.2, 0) is 4.79 Å². The number of amides is 2. The third-order valence-electron chi connectivity index (χ3n) is 4.10. The Morgan fingerprint density at radius 1 is 1.11 bits per heavy atom. The predicted molar refractivity (Wildman–Crippen MR) is 110 cm³/mol. The summed E-state index contributed by atoms with van der Waals surface area (Å²) in [5.74, 6) is -0.222. The zero-order valence-corrected chi connectivity index (χ0v) is 16.4. The highest BCUT2D eigenvalue weighted by Gasteiger charge is 2.36. The number of para-hydroxylation sites is 2. The van der Waals surface area contributed by atoms with Gasteiger partial charge in [-0.05, 0) is 61.5 Å². The molecule has 5 nitrogen and oxygen atoms in total. The van der Waals surface area contributed by atoms with Crippen molar-refractivity contribution < 1.29 is 9.59 Å². The van der Waals surface area contributed by atoms with Gasteiger partial charge in [0.25, 0.3) is 11.1 Å². The van der Waals surface area contributed by atoms with Crippen LogP contribution in [-0.4, -0.2) is 32.1 Å². The van der Waals surface area contributed by atoms with Crippen LogP contribution in [0.1, 0.15) is 19.4 Å². The van der Waals surface area contributed by atoms with Crippen molar-refractivity contribution in [2.24, 2.45) is 0 Å². The van der Waals surface area contributed by atoms with Gasteiger partial charge >= 0.3 is 0 Å². The topological polar surface area (TPSA) is 66.1 Å². The predicted octanol–water partition coefficient (Wildman–Crippen LogP) is 5.16. The molecule has 1 N–H and O–H groups in total. The summed E-state index contributed by atoms with van der Waals surface area (Å²) in [4.78, 5) is 35.0. The smallest absolute Gasteiger partial charge is 0.293 e. The number of nitrogens with one attached hydrogen (secondary N) is 1. The van der Waals surface area contributed by atoms with Gasteiger partial charge in [0.05, 0.1) is 15.9 Å². The monoisotopic (exact) mass is 395 g/mol. The molecule has 1 aliphatic rings. The van der Waals surface area contributed by atoms with Gasteiger partial charge in [0.15, 0.2) is 5.16 Å². The Bertz CT molecular complexity index is 1020. The first-order valence-electron chi connectivity index (χ1n) is 8.51. The van der Waals surface area contributed by atoms with E-state index in [1.165, 1.54) is 4.90 Å². The van der Waals surface area contributed by atoms with Crippen LogP contribution in [0.4, 0.5) is 4.79 Å². The number of H-pyrrole nitrogens is 1. The largest absolute Gasteiger partial charge is 0.333 e. The van der Waals surface area contributed by atoms with Crippen LogP contribution >= 0.6 is 23.5 Å². The molecule has 27 heavy (non-hydrogen) atoms. The molecule has 0 unspecified atom stereocenters. The average molecular weight is 396 g/mol. The van der Waals surface area contributed by atoms with Crippen LogP contribution in [0.25, 0.3) is 17.1 Å². The van der Waals surface area contributed by atoms with Crippen molar-refractivity contribution in [1.82, 2.24) is 14.9 Å². The lowest BCUT2D eigenvalue weighted by molar-refractivity contribution is -0.123. The minimum absolute atomic E-state index is 0.133. The lowest BCUT2D eigenvalue weighted by Gasteiger charge is -2.16. The molecule has 7 heteroatoms. The van der Waals surface area contributed by atoms with Crippen molar-refractivity contribution in [1.29, 1.82) is 0 Å². The number of carbonyl (C=O) groups excluding carboxylic acids is 2. The summed E-state index contributed by atoms with van der Waals surface area (Å²) in [6, 6.07) is 15.6. The Kier molecular flexibility index (Phi) is 4.80. The number of aromatic nitrogens is 2. The Hall–Kier alpha value is -2.51. The number of rotatable bonds is 4. The van der Waals surface area contributed by atoms with Gasteiger partial charge in [0.2, 0.25) is 0 Å². The van der Waals surface area contributed by atoms with Crippen molar-refractivity contribution in [2.75, 3.05) is 0 Å². The van der Waals surface area contributed by atoms with Crippen LogP contribution in [0.3, 0.4) is 0 Å². The number of benzene rings is 2. The van der Waals surface area contributed by atoms with Crippen molar-refractivity contribution in [2.45, 2.75) is 29.9 Å². The Morgan fingerprint density at radius 3 is 2.52 bits per heavy atom. The molecular formula is C20H17N3O2S2. The lowest BCUT2D eigenvalue weighted by Crippen LogP contribution is -2.34. The molecule has 2 amide bonds. The Morgan fingerprint density at radius 2 is 1.85 bits per heavy atom. The van der Waals surface area contributed by atoms with Crippen molar-refractivity contribution >= 4 is 51.8 Å². The zero-order chi connectivity index (χ0) is 19.0. The molecule has 1 saturated heterocycles. The average Bonchev–Trinajstić information content (AvgIpc) is 3.16. The zero-order valence-electron chi connectivity index (χ0n) is 14.8. The maximum Gasteiger partial charge on any atom is 0.293 e. The quantitative estimate of drug-likeness (QED) is 0.618. The van der Waals surface area contributed by atoms with Crippen LogP contribution < -0.4 is 0 Å². The van der Waals surface area contributed by atoms with Crippen LogP contribution in [0, 0.1) is 0 Å². The van der Waals surface area contributed by atoms with E-state index in [0.29, 0.717) is 4.91 Å². The SMILES string of the molecule is CC(C)N1C(=O)S/C(=C\c2ccc(Sc3nc4ccccc4[nH]3)cc2)C1=O. The molecule has 2 aromatic carbocycles. The van der Waals surface area contributed by atoms with Gasteiger partial charge in [-0.15, -0.1) is 0 Å². The summed E-state index contributed by atoms with van der Waals surface area (Å²) >= 11 is 2.54. The number of fused-ring (bicyclic) bond motifs is 1. The van der Waals surface area contributed by atoms with Gasteiger partial charge in [-0.1, -0.05) is 36.0 Å². The first kappa shape index (κ1) is 17.9. The van der Waals surface area contributed by atoms with Gasteiger partial charge in [-0.25, -0.2) is 4.98 Å². The number of nitrogens with zero attached hydrogens (tertiary/aromatic N) is 2. The molecule has 0 atom stereocenters. The fourth-order valence-electron chi connectivity index (χ4n) is 2.80. The minimum Gasteiger partial charge on any atom is -0.333 e. The second-order valence-corrected chi connectivity index (χ2v) is 8.43. The first-order chi connectivity index (χ1) is 13.0. The summed E-state index contributed by atoms with van der Waals surface area (Å²) in [5.41, 5.74) is 2.84. The molecule has 0 radical (unpaired) electrons. The Balaban J connectivity index is 1.51. The summed E-state index contributed by atoms with van der Waals surface area (Å²) in [7, 11) is 0. The second kappa shape index (κ2) is 7.25. The molecule has 2 heterocycles. The second-order valence-electron chi connectivity index (χ2n) is 6.38. The Labute approximate surface area is 165 Å². The number of thioether (sulfide) groups is 1. The summed E-state index contributed by atoms with van der Waals surface area (Å²) in [6.07, 6.45) is 1.77. The van der Waals surface area contributed by atoms with E-state index in [1.54, 1.807) is 17.8 Å². The fraction of sp³-hybridized carbons (Fsp3) is 0.150. The standard InChI is InChI=1S/C20H17N3O2S2/c1-12(2)23-18(24)17(27-20(23)25)11-13-7-9-14(10-8-13)26-19-21-15-5-3-4-6-16(15)22-19/h3-12H,1-2H3,(H,21,22)/b17-11-. The van der Waals surface area contributed by atoms with Gasteiger partial charge in [-0.2, -0.15) is 0 Å². The van der Waals surface area contributed by atoms with Gasteiger partial charge in [-0.3, -0.25) is 14.5 Å². The molecule has 4 rings (SSSR count). The molecule has 1 aliphatic heterocycles. The van der Waals surface area contributed by atoms with E-state index < -0.39 is 0 Å². The molecule has 1 aromatic heterocycles. The fourth-order valence-corrected chi connectivity index (χ4v) is 4.56. The van der Waals surface area contributed by atoms with Crippen molar-refractivity contribution in [3.05, 3.63) is 59.0 Å². The third kappa shape index (κ3) is 3.65. The summed E-state index contributed by atoms with van der Waals surface area (Å²) in [5, 5.41) is 0.625. The van der Waals surface area contributed by atoms with Crippen molar-refractivity contribution in [3.63, 3.8) is 0 Å². The van der Waals surface area contributed by atoms with E-state index in [9.17, 15) is 9.59 Å². The van der Waals surface area contributed by atoms with Gasteiger partial charge < -0.3 is 4.98 Å². The van der Waals surface area contributed by atoms with E-state index in [1.807, 2.05) is 62.4 Å². The molecule has 0 saturated carbocycles. The number of imide groups is 1. The molecule has 136 valence electrons. The highest BCUT2D eigenvalue weighted by atomic mass is 32.2. The number of hydrogen-bond acceptors (Lipinski definition) is 5. The third-order valence-corrected chi connectivity index (χ3v) is 5.88. The molecule has 0 aliphatic carbocycles. The van der Waals surface area contributed by atoms with Crippen LogP contribution in [0.15, 0.2) is 63.5 Å². The maximum absolute atomic E-state index is 12.4. The first-order valence-corrected chi connectivity index (χ1v) is 10.1. The van der Waals surface area contributed by atoms with Crippen LogP contribution in [0.5, 0.6) is 0 Å². The van der Waals surface area contributed by atoms with Gasteiger partial charge in [0.1, 0.15) is 0 Å². The van der Waals surface area contributed by atoms with Crippen molar-refractivity contribution in [3.8, 4) is 0 Å². The lowest BCUT2D eigenvalue weighted by atomic mass is 10.2. The van der Waals surface area contributed by atoms with E-state index in [2.05, 4.69) is 9.97 Å².